The van der Waals surface area contributed by atoms with Gasteiger partial charge in [0, 0.05) is 31.7 Å². The molecule has 0 aromatic heterocycles. The highest BCUT2D eigenvalue weighted by molar-refractivity contribution is 5.79. The molecule has 2 N–H and O–H groups in total. The van der Waals surface area contributed by atoms with Gasteiger partial charge in [0.05, 0.1) is 0 Å². The maximum absolute atomic E-state index is 5.70. The second-order valence-corrected chi connectivity index (χ2v) is 6.38. The molecule has 1 saturated carbocycles. The lowest BCUT2D eigenvalue weighted by Gasteiger charge is -2.25. The zero-order chi connectivity index (χ0) is 17.4. The SMILES string of the molecule is C=CCOc1ccccc1CNC(=NC)NCC(C1CC1)N(C)C. The Balaban J connectivity index is 1.86. The molecule has 1 aliphatic rings. The lowest BCUT2D eigenvalue weighted by Crippen LogP contribution is -2.45. The molecule has 0 heterocycles. The van der Waals surface area contributed by atoms with Crippen molar-refractivity contribution >= 4 is 5.96 Å². The summed E-state index contributed by atoms with van der Waals surface area (Å²) >= 11 is 0. The monoisotopic (exact) mass is 330 g/mol. The molecule has 2 rings (SSSR count). The zero-order valence-electron chi connectivity index (χ0n) is 15.1. The number of aliphatic imine (C=N–C) groups is 1. The molecule has 1 aromatic carbocycles. The summed E-state index contributed by atoms with van der Waals surface area (Å²) in [5.74, 6) is 2.52. The molecular formula is C19H30N4O. The summed E-state index contributed by atoms with van der Waals surface area (Å²) in [6, 6.07) is 8.60. The van der Waals surface area contributed by atoms with Crippen LogP contribution >= 0.6 is 0 Å². The van der Waals surface area contributed by atoms with E-state index in [2.05, 4.69) is 47.3 Å². The Morgan fingerprint density at radius 3 is 2.75 bits per heavy atom. The number of guanidine groups is 1. The third-order valence-corrected chi connectivity index (χ3v) is 4.31. The fourth-order valence-electron chi connectivity index (χ4n) is 2.79. The molecule has 24 heavy (non-hydrogen) atoms. The third-order valence-electron chi connectivity index (χ3n) is 4.31. The van der Waals surface area contributed by atoms with Crippen LogP contribution in [0.25, 0.3) is 0 Å². The number of para-hydroxylation sites is 1. The molecule has 0 aliphatic heterocycles. The van der Waals surface area contributed by atoms with Crippen LogP contribution in [0.4, 0.5) is 0 Å². The van der Waals surface area contributed by atoms with Crippen molar-refractivity contribution in [3.05, 3.63) is 42.5 Å². The number of ether oxygens (including phenoxy) is 1. The van der Waals surface area contributed by atoms with Gasteiger partial charge in [-0.1, -0.05) is 30.9 Å². The summed E-state index contributed by atoms with van der Waals surface area (Å²) in [5, 5.41) is 6.82. The lowest BCUT2D eigenvalue weighted by molar-refractivity contribution is 0.264. The fourth-order valence-corrected chi connectivity index (χ4v) is 2.79. The number of rotatable bonds is 9. The van der Waals surface area contributed by atoms with Gasteiger partial charge in [0.1, 0.15) is 12.4 Å². The number of hydrogen-bond donors (Lipinski definition) is 2. The van der Waals surface area contributed by atoms with E-state index in [9.17, 15) is 0 Å². The highest BCUT2D eigenvalue weighted by Gasteiger charge is 2.32. The fraction of sp³-hybridized carbons (Fsp3) is 0.526. The van der Waals surface area contributed by atoms with Crippen molar-refractivity contribution in [2.75, 3.05) is 34.3 Å². The summed E-state index contributed by atoms with van der Waals surface area (Å²) in [4.78, 5) is 6.63. The van der Waals surface area contributed by atoms with Crippen molar-refractivity contribution in [3.8, 4) is 5.75 Å². The summed E-state index contributed by atoms with van der Waals surface area (Å²) in [5.41, 5.74) is 1.11. The summed E-state index contributed by atoms with van der Waals surface area (Å²) in [7, 11) is 6.10. The van der Waals surface area contributed by atoms with Gasteiger partial charge < -0.3 is 20.3 Å². The molecule has 5 heteroatoms. The minimum atomic E-state index is 0.510. The average Bonchev–Trinajstić information content (AvgIpc) is 3.41. The van der Waals surface area contributed by atoms with Crippen LogP contribution in [0.3, 0.4) is 0 Å². The Morgan fingerprint density at radius 1 is 1.38 bits per heavy atom. The first-order chi connectivity index (χ1) is 11.7. The number of hydrogen-bond acceptors (Lipinski definition) is 3. The van der Waals surface area contributed by atoms with Crippen molar-refractivity contribution < 1.29 is 4.74 Å². The zero-order valence-corrected chi connectivity index (χ0v) is 15.1. The van der Waals surface area contributed by atoms with Gasteiger partial charge in [-0.15, -0.1) is 0 Å². The Morgan fingerprint density at radius 2 is 2.12 bits per heavy atom. The molecular weight excluding hydrogens is 300 g/mol. The lowest BCUT2D eigenvalue weighted by atomic mass is 10.1. The Bertz CT molecular complexity index is 550. The number of nitrogens with one attached hydrogen (secondary N) is 2. The third kappa shape index (κ3) is 5.57. The van der Waals surface area contributed by atoms with Gasteiger partial charge in [-0.25, -0.2) is 0 Å². The van der Waals surface area contributed by atoms with Crippen LogP contribution in [0.2, 0.25) is 0 Å². The molecule has 0 spiro atoms. The Hall–Kier alpha value is -2.01. The van der Waals surface area contributed by atoms with Crippen LogP contribution in [-0.4, -0.2) is 51.2 Å². The average molecular weight is 330 g/mol. The van der Waals surface area contributed by atoms with Crippen LogP contribution in [0.1, 0.15) is 18.4 Å². The van der Waals surface area contributed by atoms with Crippen LogP contribution < -0.4 is 15.4 Å². The number of likely N-dealkylation sites (N-methyl/N-ethyl adjacent to an activating group) is 1. The molecule has 1 atom stereocenters. The van der Waals surface area contributed by atoms with E-state index in [1.165, 1.54) is 12.8 Å². The normalized spacial score (nSPS) is 15.9. The quantitative estimate of drug-likeness (QED) is 0.414. The van der Waals surface area contributed by atoms with Crippen LogP contribution in [0.5, 0.6) is 5.75 Å². The van der Waals surface area contributed by atoms with Gasteiger partial charge in [-0.2, -0.15) is 0 Å². The molecule has 0 bridgehead atoms. The summed E-state index contributed by atoms with van der Waals surface area (Å²) in [6.07, 6.45) is 4.43. The van der Waals surface area contributed by atoms with Crippen molar-refractivity contribution in [2.45, 2.75) is 25.4 Å². The molecule has 0 saturated heterocycles. The van der Waals surface area contributed by atoms with Crippen LogP contribution in [-0.2, 0) is 6.54 Å². The second kappa shape index (κ2) is 9.33. The van der Waals surface area contributed by atoms with E-state index in [0.29, 0.717) is 19.2 Å². The van der Waals surface area contributed by atoms with E-state index in [4.69, 9.17) is 4.74 Å². The number of nitrogens with zero attached hydrogens (tertiary/aromatic N) is 2. The van der Waals surface area contributed by atoms with Gasteiger partial charge in [-0.3, -0.25) is 4.99 Å². The minimum Gasteiger partial charge on any atom is -0.489 e. The summed E-state index contributed by atoms with van der Waals surface area (Å²) < 4.78 is 5.70. The first-order valence-electron chi connectivity index (χ1n) is 8.58. The van der Waals surface area contributed by atoms with Crippen LogP contribution in [0, 0.1) is 5.92 Å². The van der Waals surface area contributed by atoms with Gasteiger partial charge in [0.15, 0.2) is 5.96 Å². The minimum absolute atomic E-state index is 0.510. The summed E-state index contributed by atoms with van der Waals surface area (Å²) in [6.45, 7) is 5.78. The topological polar surface area (TPSA) is 48.9 Å². The van der Waals surface area contributed by atoms with Gasteiger partial charge >= 0.3 is 0 Å². The Labute approximate surface area is 145 Å². The smallest absolute Gasteiger partial charge is 0.191 e. The maximum Gasteiger partial charge on any atom is 0.191 e. The predicted octanol–water partition coefficient (Wildman–Crippen LogP) is 2.26. The maximum atomic E-state index is 5.70. The van der Waals surface area contributed by atoms with Gasteiger partial charge in [0.25, 0.3) is 0 Å². The molecule has 0 radical (unpaired) electrons. The standard InChI is InChI=1S/C19H30N4O/c1-5-12-24-18-9-7-6-8-16(18)13-21-19(20-2)22-14-17(23(3)4)15-10-11-15/h5-9,15,17H,1,10-14H2,2-4H3,(H2,20,21,22). The second-order valence-electron chi connectivity index (χ2n) is 6.38. The Kier molecular flexibility index (Phi) is 7.12. The molecule has 1 fully saturated rings. The first kappa shape index (κ1) is 18.3. The van der Waals surface area contributed by atoms with E-state index < -0.39 is 0 Å². The predicted molar refractivity (Wildman–Crippen MR) is 101 cm³/mol. The van der Waals surface area contributed by atoms with Crippen LogP contribution in [0.15, 0.2) is 41.9 Å². The van der Waals surface area contributed by atoms with Crippen molar-refractivity contribution in [2.24, 2.45) is 10.9 Å². The van der Waals surface area contributed by atoms with E-state index in [1.807, 2.05) is 18.2 Å². The molecule has 0 amide bonds. The molecule has 5 nitrogen and oxygen atoms in total. The van der Waals surface area contributed by atoms with Gasteiger partial charge in [0.2, 0.25) is 0 Å². The van der Waals surface area contributed by atoms with Gasteiger partial charge in [-0.05, 0) is 38.9 Å². The van der Waals surface area contributed by atoms with Crippen molar-refractivity contribution in [3.63, 3.8) is 0 Å². The molecule has 1 aliphatic carbocycles. The van der Waals surface area contributed by atoms with E-state index in [-0.39, 0.29) is 0 Å². The highest BCUT2D eigenvalue weighted by atomic mass is 16.5. The van der Waals surface area contributed by atoms with E-state index in [1.54, 1.807) is 13.1 Å². The molecule has 1 unspecified atom stereocenters. The largest absolute Gasteiger partial charge is 0.489 e. The van der Waals surface area contributed by atoms with Crippen molar-refractivity contribution in [1.82, 2.24) is 15.5 Å². The highest BCUT2D eigenvalue weighted by Crippen LogP contribution is 2.34. The first-order valence-corrected chi connectivity index (χ1v) is 8.58. The molecule has 1 aromatic rings. The number of benzene rings is 1. The van der Waals surface area contributed by atoms with E-state index >= 15 is 0 Å². The van der Waals surface area contributed by atoms with E-state index in [0.717, 1.165) is 29.7 Å². The molecule has 132 valence electrons. The van der Waals surface area contributed by atoms with Crippen molar-refractivity contribution in [1.29, 1.82) is 0 Å².